The molecule has 0 aliphatic heterocycles. The maximum atomic E-state index is 3.47. The van der Waals surface area contributed by atoms with Crippen molar-refractivity contribution in [1.29, 1.82) is 0 Å². The van der Waals surface area contributed by atoms with Crippen LogP contribution in [0.2, 0.25) is 0 Å². The van der Waals surface area contributed by atoms with E-state index in [-0.39, 0.29) is 0 Å². The van der Waals surface area contributed by atoms with Gasteiger partial charge in [-0.2, -0.15) is 0 Å². The Morgan fingerprint density at radius 1 is 1.05 bits per heavy atom. The van der Waals surface area contributed by atoms with Crippen LogP contribution in [0.5, 0.6) is 0 Å². The van der Waals surface area contributed by atoms with Crippen molar-refractivity contribution in [2.75, 3.05) is 5.32 Å². The molecule has 1 aromatic carbocycles. The number of hydrogen-bond donors (Lipinski definition) is 1. The fourth-order valence-corrected chi connectivity index (χ4v) is 3.99. The molecule has 1 nitrogen and oxygen atoms in total. The molecule has 0 unspecified atom stereocenters. The molecule has 3 rings (SSSR count). The number of anilines is 1. The van der Waals surface area contributed by atoms with Crippen molar-refractivity contribution in [3.63, 3.8) is 0 Å². The maximum absolute atomic E-state index is 3.47. The monoisotopic (exact) mass is 397 g/mol. The van der Waals surface area contributed by atoms with Crippen LogP contribution in [0.4, 0.5) is 5.69 Å². The highest BCUT2D eigenvalue weighted by Gasteiger charge is 2.03. The van der Waals surface area contributed by atoms with Gasteiger partial charge in [-0.15, -0.1) is 22.7 Å². The van der Waals surface area contributed by atoms with E-state index in [0.29, 0.717) is 0 Å². The molecule has 0 bridgehead atoms. The molecule has 0 aliphatic carbocycles. The van der Waals surface area contributed by atoms with Gasteiger partial charge in [-0.25, -0.2) is 0 Å². The number of halogens is 1. The Hall–Kier alpha value is -0.850. The topological polar surface area (TPSA) is 12.0 Å². The molecule has 4 heteroatoms. The summed E-state index contributed by atoms with van der Waals surface area (Å²) in [5.41, 5.74) is 2.51. The number of hydrogen-bond acceptors (Lipinski definition) is 3. The lowest BCUT2D eigenvalue weighted by Crippen LogP contribution is -1.97. The van der Waals surface area contributed by atoms with Gasteiger partial charge in [0.1, 0.15) is 0 Å². The smallest absolute Gasteiger partial charge is 0.0494 e. The van der Waals surface area contributed by atoms with E-state index in [9.17, 15) is 0 Å². The first kappa shape index (κ1) is 13.1. The van der Waals surface area contributed by atoms with Crippen molar-refractivity contribution in [3.05, 3.63) is 61.7 Å². The number of benzene rings is 1. The molecule has 0 amide bonds. The Balaban J connectivity index is 1.68. The fraction of sp³-hybridized carbons (Fsp3) is 0.0667. The van der Waals surface area contributed by atoms with Gasteiger partial charge >= 0.3 is 0 Å². The Morgan fingerprint density at radius 3 is 2.79 bits per heavy atom. The predicted octanol–water partition coefficient (Wildman–Crippen LogP) is 5.69. The predicted molar refractivity (Wildman–Crippen MR) is 94.1 cm³/mol. The summed E-state index contributed by atoms with van der Waals surface area (Å²) in [7, 11) is 0. The summed E-state index contributed by atoms with van der Waals surface area (Å²) in [6.07, 6.45) is 0. The van der Waals surface area contributed by atoms with E-state index in [0.717, 1.165) is 6.54 Å². The van der Waals surface area contributed by atoms with Crippen LogP contribution in [-0.2, 0) is 6.54 Å². The molecule has 3 aromatic rings. The van der Waals surface area contributed by atoms with E-state index in [1.165, 1.54) is 24.6 Å². The van der Waals surface area contributed by atoms with Crippen LogP contribution in [0.1, 0.15) is 4.88 Å². The van der Waals surface area contributed by atoms with Crippen LogP contribution < -0.4 is 5.32 Å². The Labute approximate surface area is 134 Å². The van der Waals surface area contributed by atoms with Crippen LogP contribution in [0.25, 0.3) is 10.4 Å². The molecule has 0 spiro atoms. The summed E-state index contributed by atoms with van der Waals surface area (Å²) < 4.78 is 1.26. The van der Waals surface area contributed by atoms with Gasteiger partial charge in [0.15, 0.2) is 0 Å². The molecular weight excluding hydrogens is 385 g/mol. The van der Waals surface area contributed by atoms with Crippen molar-refractivity contribution in [3.8, 4) is 10.4 Å². The minimum Gasteiger partial charge on any atom is -0.380 e. The van der Waals surface area contributed by atoms with Crippen LogP contribution in [-0.4, -0.2) is 0 Å². The molecule has 19 heavy (non-hydrogen) atoms. The number of nitrogens with one attached hydrogen (secondary N) is 1. The van der Waals surface area contributed by atoms with Crippen molar-refractivity contribution in [2.24, 2.45) is 0 Å². The fourth-order valence-electron chi connectivity index (χ4n) is 1.83. The zero-order valence-electron chi connectivity index (χ0n) is 10.1. The molecule has 0 atom stereocenters. The Kier molecular flexibility index (Phi) is 4.20. The van der Waals surface area contributed by atoms with Crippen LogP contribution in [0.3, 0.4) is 0 Å². The maximum Gasteiger partial charge on any atom is 0.0494 e. The summed E-state index contributed by atoms with van der Waals surface area (Å²) >= 11 is 5.94. The average Bonchev–Trinajstić information content (AvgIpc) is 3.07. The van der Waals surface area contributed by atoms with E-state index in [1.54, 1.807) is 11.3 Å². The molecule has 2 heterocycles. The van der Waals surface area contributed by atoms with Crippen LogP contribution >= 0.6 is 45.3 Å². The van der Waals surface area contributed by atoms with Gasteiger partial charge in [-0.1, -0.05) is 12.1 Å². The molecular formula is C15H12INS2. The van der Waals surface area contributed by atoms with Gasteiger partial charge in [0.2, 0.25) is 0 Å². The second-order valence-electron chi connectivity index (χ2n) is 4.14. The molecule has 0 fully saturated rings. The summed E-state index contributed by atoms with van der Waals surface area (Å²) in [6.45, 7) is 0.885. The molecule has 1 N–H and O–H groups in total. The highest BCUT2D eigenvalue weighted by Crippen LogP contribution is 2.29. The van der Waals surface area contributed by atoms with E-state index in [1.807, 2.05) is 11.3 Å². The zero-order chi connectivity index (χ0) is 13.1. The lowest BCUT2D eigenvalue weighted by Gasteiger charge is -2.04. The Bertz CT molecular complexity index is 658. The summed E-state index contributed by atoms with van der Waals surface area (Å²) in [5, 5.41) is 7.82. The number of thiophene rings is 2. The molecule has 0 aliphatic rings. The summed E-state index contributed by atoms with van der Waals surface area (Å²) in [5.74, 6) is 0. The quantitative estimate of drug-likeness (QED) is 0.558. The Morgan fingerprint density at radius 2 is 2.00 bits per heavy atom. The van der Waals surface area contributed by atoms with Gasteiger partial charge in [0, 0.05) is 31.1 Å². The third kappa shape index (κ3) is 3.38. The van der Waals surface area contributed by atoms with E-state index in [2.05, 4.69) is 81.1 Å². The molecule has 0 saturated carbocycles. The summed E-state index contributed by atoms with van der Waals surface area (Å²) in [6, 6.07) is 15.0. The normalized spacial score (nSPS) is 10.6. The van der Waals surface area contributed by atoms with Crippen molar-refractivity contribution < 1.29 is 0 Å². The average molecular weight is 397 g/mol. The molecule has 0 saturated heterocycles. The van der Waals surface area contributed by atoms with Crippen LogP contribution in [0.15, 0.2) is 53.2 Å². The largest absolute Gasteiger partial charge is 0.380 e. The molecule has 2 aromatic heterocycles. The van der Waals surface area contributed by atoms with Crippen molar-refractivity contribution in [2.45, 2.75) is 6.54 Å². The van der Waals surface area contributed by atoms with E-state index >= 15 is 0 Å². The van der Waals surface area contributed by atoms with Gasteiger partial charge in [0.05, 0.1) is 0 Å². The first-order chi connectivity index (χ1) is 9.31. The van der Waals surface area contributed by atoms with Gasteiger partial charge in [-0.05, 0) is 63.7 Å². The van der Waals surface area contributed by atoms with Gasteiger partial charge in [0.25, 0.3) is 0 Å². The second-order valence-corrected chi connectivity index (χ2v) is 7.33. The van der Waals surface area contributed by atoms with Gasteiger partial charge < -0.3 is 5.32 Å². The second kappa shape index (κ2) is 6.07. The van der Waals surface area contributed by atoms with E-state index < -0.39 is 0 Å². The van der Waals surface area contributed by atoms with Crippen LogP contribution in [0, 0.1) is 3.57 Å². The van der Waals surface area contributed by atoms with Gasteiger partial charge in [-0.3, -0.25) is 0 Å². The lowest BCUT2D eigenvalue weighted by molar-refractivity contribution is 1.19. The lowest BCUT2D eigenvalue weighted by atomic mass is 10.2. The highest BCUT2D eigenvalue weighted by atomic mass is 127. The minimum atomic E-state index is 0.885. The first-order valence-electron chi connectivity index (χ1n) is 5.92. The van der Waals surface area contributed by atoms with Crippen molar-refractivity contribution in [1.82, 2.24) is 0 Å². The van der Waals surface area contributed by atoms with E-state index in [4.69, 9.17) is 0 Å². The zero-order valence-corrected chi connectivity index (χ0v) is 13.9. The third-order valence-electron chi connectivity index (χ3n) is 2.75. The summed E-state index contributed by atoms with van der Waals surface area (Å²) in [4.78, 5) is 2.71. The van der Waals surface area contributed by atoms with Crippen molar-refractivity contribution >= 4 is 51.0 Å². The first-order valence-corrected chi connectivity index (χ1v) is 8.76. The highest BCUT2D eigenvalue weighted by molar-refractivity contribution is 14.1. The molecule has 0 radical (unpaired) electrons. The molecule has 96 valence electrons. The SMILES string of the molecule is Ic1cccc(NCc2cc(-c3cccs3)cs2)c1. The third-order valence-corrected chi connectivity index (χ3v) is 5.28. The standard InChI is InChI=1S/C15H12INS2/c16-12-3-1-4-13(8-12)17-9-14-7-11(10-19-14)15-5-2-6-18-15/h1-8,10,17H,9H2. The number of rotatable bonds is 4. The minimum absolute atomic E-state index is 0.885.